The molecule has 0 saturated carbocycles. The summed E-state index contributed by atoms with van der Waals surface area (Å²) in [5, 5.41) is 16.6. The Morgan fingerprint density at radius 2 is 2.14 bits per heavy atom. The van der Waals surface area contributed by atoms with E-state index in [1.54, 1.807) is 6.07 Å². The van der Waals surface area contributed by atoms with Crippen molar-refractivity contribution in [2.75, 3.05) is 6.54 Å². The Morgan fingerprint density at radius 3 is 2.86 bits per heavy atom. The van der Waals surface area contributed by atoms with Crippen LogP contribution in [0.2, 0.25) is 10.0 Å². The van der Waals surface area contributed by atoms with Crippen molar-refractivity contribution < 1.29 is 0 Å². The lowest BCUT2D eigenvalue weighted by Crippen LogP contribution is -2.23. The van der Waals surface area contributed by atoms with E-state index in [0.29, 0.717) is 16.6 Å². The van der Waals surface area contributed by atoms with E-state index in [9.17, 15) is 0 Å². The van der Waals surface area contributed by atoms with Gasteiger partial charge >= 0.3 is 0 Å². The number of nitrogens with one attached hydrogen (secondary N) is 1. The van der Waals surface area contributed by atoms with Crippen molar-refractivity contribution in [1.82, 2.24) is 25.5 Å². The summed E-state index contributed by atoms with van der Waals surface area (Å²) >= 11 is 12.1. The van der Waals surface area contributed by atoms with Crippen LogP contribution in [0.3, 0.4) is 0 Å². The number of tetrazole rings is 1. The molecule has 2 aromatic rings. The van der Waals surface area contributed by atoms with Crippen LogP contribution in [-0.4, -0.2) is 26.8 Å². The van der Waals surface area contributed by atoms with Gasteiger partial charge in [-0.05, 0) is 54.4 Å². The van der Waals surface area contributed by atoms with Crippen molar-refractivity contribution in [1.29, 1.82) is 0 Å². The quantitative estimate of drug-likeness (QED) is 0.847. The molecule has 2 rings (SSSR count). The molecule has 0 aliphatic heterocycles. The lowest BCUT2D eigenvalue weighted by Gasteiger charge is -2.13. The Bertz CT molecular complexity index is 584. The van der Waals surface area contributed by atoms with Crippen LogP contribution < -0.4 is 5.32 Å². The molecule has 1 unspecified atom stereocenters. The zero-order valence-electron chi connectivity index (χ0n) is 12.2. The third kappa shape index (κ3) is 4.40. The van der Waals surface area contributed by atoms with Crippen LogP contribution in [0, 0.1) is 0 Å². The van der Waals surface area contributed by atoms with Crippen molar-refractivity contribution in [2.45, 2.75) is 39.3 Å². The second-order valence-corrected chi connectivity index (χ2v) is 5.77. The van der Waals surface area contributed by atoms with Gasteiger partial charge in [0.1, 0.15) is 0 Å². The average molecular weight is 328 g/mol. The van der Waals surface area contributed by atoms with Crippen molar-refractivity contribution >= 4 is 23.2 Å². The summed E-state index contributed by atoms with van der Waals surface area (Å²) in [5.41, 5.74) is 1.04. The van der Waals surface area contributed by atoms with E-state index in [1.807, 2.05) is 16.8 Å². The molecule has 114 valence electrons. The van der Waals surface area contributed by atoms with Gasteiger partial charge in [0.2, 0.25) is 0 Å². The number of nitrogens with zero attached hydrogens (tertiary/aromatic N) is 4. The lowest BCUT2D eigenvalue weighted by atomic mass is 10.1. The fraction of sp³-hybridized carbons (Fsp3) is 0.500. The third-order valence-electron chi connectivity index (χ3n) is 3.26. The van der Waals surface area contributed by atoms with Gasteiger partial charge in [0, 0.05) is 16.6 Å². The first-order chi connectivity index (χ1) is 10.1. The summed E-state index contributed by atoms with van der Waals surface area (Å²) in [6.07, 6.45) is 1.83. The number of benzene rings is 1. The second-order valence-electron chi connectivity index (χ2n) is 4.92. The molecule has 1 atom stereocenters. The molecule has 1 heterocycles. The summed E-state index contributed by atoms with van der Waals surface area (Å²) in [6, 6.07) is 5.66. The fourth-order valence-electron chi connectivity index (χ4n) is 2.08. The van der Waals surface area contributed by atoms with Crippen LogP contribution in [0.15, 0.2) is 18.2 Å². The smallest absolute Gasteiger partial charge is 0.167 e. The van der Waals surface area contributed by atoms with Crippen molar-refractivity contribution in [3.63, 3.8) is 0 Å². The Hall–Kier alpha value is -1.17. The fourth-order valence-corrected chi connectivity index (χ4v) is 2.59. The Morgan fingerprint density at radius 1 is 1.33 bits per heavy atom. The average Bonchev–Trinajstić information content (AvgIpc) is 2.92. The topological polar surface area (TPSA) is 55.6 Å². The molecule has 1 N–H and O–H groups in total. The van der Waals surface area contributed by atoms with Gasteiger partial charge in [-0.15, -0.1) is 5.10 Å². The number of hydrogen-bond donors (Lipinski definition) is 1. The molecule has 0 bridgehead atoms. The van der Waals surface area contributed by atoms with Crippen LogP contribution in [-0.2, 0) is 13.0 Å². The minimum atomic E-state index is 0.126. The molecule has 0 radical (unpaired) electrons. The molecule has 1 aromatic heterocycles. The molecule has 5 nitrogen and oxygen atoms in total. The third-order valence-corrected chi connectivity index (χ3v) is 3.84. The van der Waals surface area contributed by atoms with E-state index in [2.05, 4.69) is 34.7 Å². The zero-order chi connectivity index (χ0) is 15.2. The summed E-state index contributed by atoms with van der Waals surface area (Å²) in [6.45, 7) is 5.82. The maximum Gasteiger partial charge on any atom is 0.167 e. The van der Waals surface area contributed by atoms with Crippen LogP contribution in [0.5, 0.6) is 0 Å². The van der Waals surface area contributed by atoms with E-state index in [0.717, 1.165) is 30.8 Å². The van der Waals surface area contributed by atoms with Gasteiger partial charge in [-0.25, -0.2) is 4.68 Å². The van der Waals surface area contributed by atoms with E-state index in [-0.39, 0.29) is 6.04 Å². The van der Waals surface area contributed by atoms with Gasteiger partial charge in [-0.1, -0.05) is 36.2 Å². The Kier molecular flexibility index (Phi) is 5.96. The van der Waals surface area contributed by atoms with Gasteiger partial charge < -0.3 is 5.32 Å². The van der Waals surface area contributed by atoms with Crippen LogP contribution in [0.1, 0.15) is 37.7 Å². The monoisotopic (exact) mass is 327 g/mol. The summed E-state index contributed by atoms with van der Waals surface area (Å²) in [7, 11) is 0. The number of hydrogen-bond acceptors (Lipinski definition) is 4. The van der Waals surface area contributed by atoms with Gasteiger partial charge in [-0.2, -0.15) is 0 Å². The first kappa shape index (κ1) is 16.2. The van der Waals surface area contributed by atoms with Gasteiger partial charge in [0.05, 0.1) is 6.04 Å². The van der Waals surface area contributed by atoms with Crippen molar-refractivity contribution in [3.05, 3.63) is 39.6 Å². The molecular formula is C14H19Cl2N5. The number of aryl methyl sites for hydroxylation is 2. The van der Waals surface area contributed by atoms with Gasteiger partial charge in [0.25, 0.3) is 0 Å². The minimum Gasteiger partial charge on any atom is -0.307 e. The normalized spacial score (nSPS) is 12.6. The predicted octanol–water partition coefficient (Wildman–Crippen LogP) is 3.28. The Labute approximate surface area is 134 Å². The van der Waals surface area contributed by atoms with Crippen molar-refractivity contribution in [2.24, 2.45) is 0 Å². The first-order valence-corrected chi connectivity index (χ1v) is 7.80. The molecule has 1 aromatic carbocycles. The number of rotatable bonds is 7. The SMILES string of the molecule is CCCNC(C)c1nnnn1CCc1ccc(Cl)cc1Cl. The van der Waals surface area contributed by atoms with E-state index >= 15 is 0 Å². The summed E-state index contributed by atoms with van der Waals surface area (Å²) in [4.78, 5) is 0. The number of halogens is 2. The standard InChI is InChI=1S/C14H19Cl2N5/c1-3-7-17-10(2)14-18-19-20-21(14)8-6-11-4-5-12(15)9-13(11)16/h4-5,9-10,17H,3,6-8H2,1-2H3. The predicted molar refractivity (Wildman–Crippen MR) is 84.7 cm³/mol. The largest absolute Gasteiger partial charge is 0.307 e. The molecule has 0 aliphatic rings. The van der Waals surface area contributed by atoms with Crippen LogP contribution in [0.4, 0.5) is 0 Å². The maximum absolute atomic E-state index is 6.18. The molecule has 0 spiro atoms. The maximum atomic E-state index is 6.18. The van der Waals surface area contributed by atoms with E-state index in [4.69, 9.17) is 23.2 Å². The highest BCUT2D eigenvalue weighted by molar-refractivity contribution is 6.35. The molecule has 0 saturated heterocycles. The highest BCUT2D eigenvalue weighted by atomic mass is 35.5. The summed E-state index contributed by atoms with van der Waals surface area (Å²) in [5.74, 6) is 0.841. The molecule has 0 aliphatic carbocycles. The molecular weight excluding hydrogens is 309 g/mol. The van der Waals surface area contributed by atoms with E-state index in [1.165, 1.54) is 0 Å². The zero-order valence-corrected chi connectivity index (χ0v) is 13.7. The minimum absolute atomic E-state index is 0.126. The highest BCUT2D eigenvalue weighted by Gasteiger charge is 2.14. The molecule has 7 heteroatoms. The number of aromatic nitrogens is 4. The van der Waals surface area contributed by atoms with Gasteiger partial charge in [-0.3, -0.25) is 0 Å². The highest BCUT2D eigenvalue weighted by Crippen LogP contribution is 2.22. The second kappa shape index (κ2) is 7.73. The van der Waals surface area contributed by atoms with Crippen LogP contribution in [0.25, 0.3) is 0 Å². The summed E-state index contributed by atoms with van der Waals surface area (Å²) < 4.78 is 1.82. The van der Waals surface area contributed by atoms with Crippen LogP contribution >= 0.6 is 23.2 Å². The van der Waals surface area contributed by atoms with Gasteiger partial charge in [0.15, 0.2) is 5.82 Å². The lowest BCUT2D eigenvalue weighted by molar-refractivity contribution is 0.486. The molecule has 0 amide bonds. The van der Waals surface area contributed by atoms with Crippen molar-refractivity contribution in [3.8, 4) is 0 Å². The Balaban J connectivity index is 2.02. The first-order valence-electron chi connectivity index (χ1n) is 7.05. The molecule has 21 heavy (non-hydrogen) atoms. The van der Waals surface area contributed by atoms with E-state index < -0.39 is 0 Å². The molecule has 0 fully saturated rings.